The molecule has 136 valence electrons. The van der Waals surface area contributed by atoms with Crippen LogP contribution in [0.1, 0.15) is 30.4 Å². The molecule has 7 heteroatoms. The molecule has 2 aromatic heterocycles. The zero-order valence-electron chi connectivity index (χ0n) is 15.3. The summed E-state index contributed by atoms with van der Waals surface area (Å²) in [5, 5.41) is 14.2. The van der Waals surface area contributed by atoms with Gasteiger partial charge in [-0.25, -0.2) is 0 Å². The molecule has 0 amide bonds. The molecule has 0 atom stereocenters. The number of benzene rings is 1. The molecule has 1 fully saturated rings. The largest absolute Gasteiger partial charge is 0.382 e. The van der Waals surface area contributed by atoms with E-state index in [1.807, 2.05) is 44.6 Å². The third-order valence-corrected chi connectivity index (χ3v) is 5.26. The number of nitrogens with zero attached hydrogens (tertiary/aromatic N) is 5. The number of halogens is 1. The van der Waals surface area contributed by atoms with Crippen molar-refractivity contribution >= 4 is 28.2 Å². The van der Waals surface area contributed by atoms with Gasteiger partial charge < -0.3 is 14.8 Å². The van der Waals surface area contributed by atoms with E-state index in [0.29, 0.717) is 12.0 Å². The first-order valence-electron chi connectivity index (χ1n) is 8.85. The molecule has 1 aliphatic carbocycles. The molecule has 0 unspecified atom stereocenters. The van der Waals surface area contributed by atoms with E-state index in [1.54, 1.807) is 0 Å². The van der Waals surface area contributed by atoms with Gasteiger partial charge in [0.1, 0.15) is 11.6 Å². The smallest absolute Gasteiger partial charge is 0.146 e. The van der Waals surface area contributed by atoms with Crippen molar-refractivity contribution in [1.82, 2.24) is 24.6 Å². The normalized spacial score (nSPS) is 19.7. The summed E-state index contributed by atoms with van der Waals surface area (Å²) in [5.41, 5.74) is 2.05. The molecule has 4 rings (SSSR count). The Bertz CT molecular complexity index is 929. The summed E-state index contributed by atoms with van der Waals surface area (Å²) in [5.74, 6) is 2.55. The Balaban J connectivity index is 1.45. The van der Waals surface area contributed by atoms with Crippen LogP contribution in [0.3, 0.4) is 0 Å². The van der Waals surface area contributed by atoms with Crippen LogP contribution >= 0.6 is 11.6 Å². The monoisotopic (exact) mass is 370 g/mol. The lowest BCUT2D eigenvalue weighted by Gasteiger charge is -2.36. The van der Waals surface area contributed by atoms with E-state index in [-0.39, 0.29) is 0 Å². The molecule has 0 bridgehead atoms. The topological polar surface area (TPSA) is 58.9 Å². The van der Waals surface area contributed by atoms with Crippen molar-refractivity contribution in [3.8, 4) is 0 Å². The highest BCUT2D eigenvalue weighted by Gasteiger charge is 2.34. The number of rotatable bonds is 5. The molecule has 6 nitrogen and oxygen atoms in total. The van der Waals surface area contributed by atoms with Crippen molar-refractivity contribution in [2.45, 2.75) is 31.3 Å². The Morgan fingerprint density at radius 1 is 1.23 bits per heavy atom. The summed E-state index contributed by atoms with van der Waals surface area (Å²) in [4.78, 5) is 6.52. The van der Waals surface area contributed by atoms with E-state index in [9.17, 15) is 0 Å². The Labute approximate surface area is 158 Å². The van der Waals surface area contributed by atoms with Crippen molar-refractivity contribution < 1.29 is 0 Å². The lowest BCUT2D eigenvalue weighted by Crippen LogP contribution is -2.35. The first-order valence-corrected chi connectivity index (χ1v) is 9.22. The van der Waals surface area contributed by atoms with E-state index in [0.717, 1.165) is 52.6 Å². The van der Waals surface area contributed by atoms with Gasteiger partial charge in [0.15, 0.2) is 0 Å². The van der Waals surface area contributed by atoms with Crippen molar-refractivity contribution in [1.29, 1.82) is 0 Å². The van der Waals surface area contributed by atoms with Crippen LogP contribution in [-0.2, 0) is 13.6 Å². The first kappa shape index (κ1) is 17.2. The summed E-state index contributed by atoms with van der Waals surface area (Å²) in [6.45, 7) is 0.807. The number of hydrogen-bond donors (Lipinski definition) is 1. The minimum atomic E-state index is 0.429. The van der Waals surface area contributed by atoms with Gasteiger partial charge in [-0.2, -0.15) is 0 Å². The fourth-order valence-electron chi connectivity index (χ4n) is 3.56. The van der Waals surface area contributed by atoms with Crippen LogP contribution < -0.4 is 5.32 Å². The molecule has 2 heterocycles. The fraction of sp³-hybridized carbons (Fsp3) is 0.421. The summed E-state index contributed by atoms with van der Waals surface area (Å²) in [6.07, 6.45) is 3.95. The van der Waals surface area contributed by atoms with Gasteiger partial charge in [-0.15, -0.1) is 10.2 Å². The molecule has 1 saturated carbocycles. The minimum absolute atomic E-state index is 0.429. The molecular weight excluding hydrogens is 348 g/mol. The molecule has 0 spiro atoms. The average molecular weight is 371 g/mol. The predicted octanol–water partition coefficient (Wildman–Crippen LogP) is 3.44. The van der Waals surface area contributed by atoms with Gasteiger partial charge in [0.2, 0.25) is 0 Å². The Kier molecular flexibility index (Phi) is 4.54. The molecule has 1 N–H and O–H groups in total. The van der Waals surface area contributed by atoms with Crippen molar-refractivity contribution in [3.63, 3.8) is 0 Å². The highest BCUT2D eigenvalue weighted by Crippen LogP contribution is 2.38. The van der Waals surface area contributed by atoms with Crippen LogP contribution in [0, 0.1) is 0 Å². The van der Waals surface area contributed by atoms with E-state index in [1.165, 1.54) is 0 Å². The molecule has 0 aliphatic heterocycles. The van der Waals surface area contributed by atoms with E-state index in [4.69, 9.17) is 11.6 Å². The summed E-state index contributed by atoms with van der Waals surface area (Å²) in [7, 11) is 6.15. The standard InChI is InChI=1S/C19H23ClN6/c1-25(2)11-18-23-24-19(26(18)3)12-8-14(9-12)22-17-6-7-21-16-5-4-13(20)10-15(16)17/h4-7,10,12,14H,8-9,11H2,1-3H3,(H,21,22). The predicted molar refractivity (Wildman–Crippen MR) is 105 cm³/mol. The van der Waals surface area contributed by atoms with Crippen molar-refractivity contribution in [2.75, 3.05) is 19.4 Å². The maximum atomic E-state index is 6.16. The number of aromatic nitrogens is 4. The third-order valence-electron chi connectivity index (χ3n) is 5.02. The van der Waals surface area contributed by atoms with Crippen molar-refractivity contribution in [3.05, 3.63) is 47.1 Å². The third kappa shape index (κ3) is 3.27. The van der Waals surface area contributed by atoms with Gasteiger partial charge in [-0.05, 0) is 51.2 Å². The highest BCUT2D eigenvalue weighted by molar-refractivity contribution is 6.31. The minimum Gasteiger partial charge on any atom is -0.382 e. The van der Waals surface area contributed by atoms with Crippen LogP contribution in [0.15, 0.2) is 30.5 Å². The zero-order chi connectivity index (χ0) is 18.3. The molecule has 26 heavy (non-hydrogen) atoms. The second-order valence-corrected chi connectivity index (χ2v) is 7.74. The van der Waals surface area contributed by atoms with Crippen LogP contribution in [0.2, 0.25) is 5.02 Å². The fourth-order valence-corrected chi connectivity index (χ4v) is 3.73. The van der Waals surface area contributed by atoms with Crippen molar-refractivity contribution in [2.24, 2.45) is 7.05 Å². The van der Waals surface area contributed by atoms with Gasteiger partial charge in [0.05, 0.1) is 12.1 Å². The molecular formula is C19H23ClN6. The molecule has 1 aliphatic rings. The Hall–Kier alpha value is -2.18. The number of nitrogens with one attached hydrogen (secondary N) is 1. The van der Waals surface area contributed by atoms with Gasteiger partial charge in [-0.3, -0.25) is 4.98 Å². The molecule has 0 radical (unpaired) electrons. The molecule has 3 aromatic rings. The first-order chi connectivity index (χ1) is 12.5. The maximum absolute atomic E-state index is 6.16. The van der Waals surface area contributed by atoms with E-state index < -0.39 is 0 Å². The highest BCUT2D eigenvalue weighted by atomic mass is 35.5. The second-order valence-electron chi connectivity index (χ2n) is 7.30. The van der Waals surface area contributed by atoms with Gasteiger partial charge in [0, 0.05) is 41.3 Å². The van der Waals surface area contributed by atoms with Gasteiger partial charge in [-0.1, -0.05) is 11.6 Å². The summed E-state index contributed by atoms with van der Waals surface area (Å²) in [6, 6.07) is 8.25. The lowest BCUT2D eigenvalue weighted by molar-refractivity contribution is 0.347. The van der Waals surface area contributed by atoms with Gasteiger partial charge >= 0.3 is 0 Å². The van der Waals surface area contributed by atoms with Crippen LogP contribution in [-0.4, -0.2) is 44.8 Å². The zero-order valence-corrected chi connectivity index (χ0v) is 16.0. The second kappa shape index (κ2) is 6.85. The number of anilines is 1. The molecule has 1 aromatic carbocycles. The van der Waals surface area contributed by atoms with Gasteiger partial charge in [0.25, 0.3) is 0 Å². The molecule has 0 saturated heterocycles. The van der Waals surface area contributed by atoms with Crippen LogP contribution in [0.25, 0.3) is 10.9 Å². The van der Waals surface area contributed by atoms with Crippen LogP contribution in [0.4, 0.5) is 5.69 Å². The lowest BCUT2D eigenvalue weighted by atomic mass is 9.79. The Morgan fingerprint density at radius 2 is 2.04 bits per heavy atom. The quantitative estimate of drug-likeness (QED) is 0.745. The summed E-state index contributed by atoms with van der Waals surface area (Å²) >= 11 is 6.16. The number of hydrogen-bond acceptors (Lipinski definition) is 5. The van der Waals surface area contributed by atoms with E-state index in [2.05, 4.69) is 37.0 Å². The SMILES string of the molecule is CN(C)Cc1nnc(C2CC(Nc3ccnc4ccc(Cl)cc34)C2)n1C. The van der Waals surface area contributed by atoms with Crippen LogP contribution in [0.5, 0.6) is 0 Å². The van der Waals surface area contributed by atoms with E-state index >= 15 is 0 Å². The summed E-state index contributed by atoms with van der Waals surface area (Å²) < 4.78 is 2.14. The number of pyridine rings is 1. The maximum Gasteiger partial charge on any atom is 0.146 e. The average Bonchev–Trinajstić information content (AvgIpc) is 2.91. The Morgan fingerprint density at radius 3 is 2.81 bits per heavy atom. The number of fused-ring (bicyclic) bond motifs is 1.